The minimum Gasteiger partial charge on any atom is -0.371 e. The number of epoxide rings is 1. The van der Waals surface area contributed by atoms with Crippen molar-refractivity contribution < 1.29 is 9.53 Å². The highest BCUT2D eigenvalue weighted by Crippen LogP contribution is 2.14. The molecule has 0 saturated carbocycles. The van der Waals surface area contributed by atoms with Gasteiger partial charge in [0.1, 0.15) is 23.8 Å². The van der Waals surface area contributed by atoms with Crippen molar-refractivity contribution in [2.75, 3.05) is 6.61 Å². The van der Waals surface area contributed by atoms with Crippen molar-refractivity contribution in [1.82, 2.24) is 35.3 Å². The number of hydrogen-bond donors (Lipinski definition) is 2. The van der Waals surface area contributed by atoms with Gasteiger partial charge in [0, 0.05) is 17.8 Å². The van der Waals surface area contributed by atoms with E-state index in [-0.39, 0.29) is 12.0 Å². The predicted molar refractivity (Wildman–Crippen MR) is 74.8 cm³/mol. The molecule has 0 aliphatic carbocycles. The Morgan fingerprint density at radius 2 is 2.45 bits per heavy atom. The van der Waals surface area contributed by atoms with Gasteiger partial charge in [-0.2, -0.15) is 0 Å². The van der Waals surface area contributed by atoms with Gasteiger partial charge in [-0.1, -0.05) is 5.21 Å². The second-order valence-corrected chi connectivity index (χ2v) is 5.06. The van der Waals surface area contributed by atoms with Gasteiger partial charge in [-0.05, 0) is 0 Å². The summed E-state index contributed by atoms with van der Waals surface area (Å²) in [7, 11) is 0. The summed E-state index contributed by atoms with van der Waals surface area (Å²) < 4.78 is 6.86. The zero-order chi connectivity index (χ0) is 14.9. The third kappa shape index (κ3) is 2.53. The lowest BCUT2D eigenvalue weighted by Crippen LogP contribution is -2.22. The van der Waals surface area contributed by atoms with E-state index in [0.29, 0.717) is 35.4 Å². The first-order valence-corrected chi connectivity index (χ1v) is 6.85. The number of carbonyl (C=O) groups excluding carboxylic acids is 1. The molecule has 2 N–H and O–H groups in total. The summed E-state index contributed by atoms with van der Waals surface area (Å²) in [5, 5.41) is 11.5. The van der Waals surface area contributed by atoms with Crippen LogP contribution in [0.15, 0.2) is 24.9 Å². The van der Waals surface area contributed by atoms with Crippen molar-refractivity contribution in [3.05, 3.63) is 36.2 Å². The monoisotopic (exact) mass is 299 g/mol. The summed E-state index contributed by atoms with van der Waals surface area (Å²) in [6, 6.07) is 0. The van der Waals surface area contributed by atoms with Crippen molar-refractivity contribution in [3.63, 3.8) is 0 Å². The Balaban J connectivity index is 1.42. The summed E-state index contributed by atoms with van der Waals surface area (Å²) in [4.78, 5) is 23.2. The zero-order valence-corrected chi connectivity index (χ0v) is 11.6. The standard InChI is InChI=1S/C13H13N7O2/c21-13(11-3-15-12-10(11)2-14-7-17-12)16-1-8-4-20(19-18-8)5-9-6-22-9/h2-4,7,9H,1,5-6H2,(H,16,21)(H,14,15,17). The van der Waals surface area contributed by atoms with Gasteiger partial charge in [0.2, 0.25) is 0 Å². The van der Waals surface area contributed by atoms with Gasteiger partial charge in [-0.25, -0.2) is 14.6 Å². The molecule has 4 heterocycles. The molecule has 1 aliphatic rings. The lowest BCUT2D eigenvalue weighted by Gasteiger charge is -2.01. The third-order valence-electron chi connectivity index (χ3n) is 3.41. The number of ether oxygens (including phenoxy) is 1. The zero-order valence-electron chi connectivity index (χ0n) is 11.6. The number of nitrogens with one attached hydrogen (secondary N) is 2. The fourth-order valence-electron chi connectivity index (χ4n) is 2.20. The number of amides is 1. The van der Waals surface area contributed by atoms with Crippen molar-refractivity contribution in [1.29, 1.82) is 0 Å². The molecule has 1 atom stereocenters. The van der Waals surface area contributed by atoms with Crippen molar-refractivity contribution in [2.24, 2.45) is 0 Å². The number of fused-ring (bicyclic) bond motifs is 1. The normalized spacial score (nSPS) is 16.8. The quantitative estimate of drug-likeness (QED) is 0.635. The first-order valence-electron chi connectivity index (χ1n) is 6.85. The van der Waals surface area contributed by atoms with Crippen molar-refractivity contribution in [2.45, 2.75) is 19.2 Å². The summed E-state index contributed by atoms with van der Waals surface area (Å²) in [5.41, 5.74) is 1.84. The molecule has 3 aromatic rings. The van der Waals surface area contributed by atoms with E-state index < -0.39 is 0 Å². The minimum absolute atomic E-state index is 0.207. The number of aromatic nitrogens is 6. The Labute approximate surface area is 124 Å². The van der Waals surface area contributed by atoms with Crippen LogP contribution in [0.25, 0.3) is 11.0 Å². The second kappa shape index (κ2) is 5.19. The molecule has 9 nitrogen and oxygen atoms in total. The average Bonchev–Trinajstić information content (AvgIpc) is 3.07. The maximum atomic E-state index is 12.2. The molecule has 1 amide bonds. The molecule has 1 saturated heterocycles. The van der Waals surface area contributed by atoms with Crippen LogP contribution < -0.4 is 5.32 Å². The van der Waals surface area contributed by atoms with Crippen LogP contribution >= 0.6 is 0 Å². The van der Waals surface area contributed by atoms with E-state index in [1.165, 1.54) is 6.33 Å². The molecule has 22 heavy (non-hydrogen) atoms. The van der Waals surface area contributed by atoms with Crippen LogP contribution in [0.1, 0.15) is 16.1 Å². The van der Waals surface area contributed by atoms with Gasteiger partial charge in [-0.15, -0.1) is 5.10 Å². The first-order chi connectivity index (χ1) is 10.8. The summed E-state index contributed by atoms with van der Waals surface area (Å²) in [6.45, 7) is 1.78. The number of carbonyl (C=O) groups is 1. The number of hydrogen-bond acceptors (Lipinski definition) is 6. The van der Waals surface area contributed by atoms with Crippen molar-refractivity contribution in [3.8, 4) is 0 Å². The van der Waals surface area contributed by atoms with Crippen LogP contribution in [0, 0.1) is 0 Å². The third-order valence-corrected chi connectivity index (χ3v) is 3.41. The molecule has 1 fully saturated rings. The SMILES string of the molecule is O=C(NCc1cn(CC2CO2)nn1)c1c[nH]c2ncncc12. The van der Waals surface area contributed by atoms with E-state index in [4.69, 9.17) is 4.74 Å². The molecular formula is C13H13N7O2. The summed E-state index contributed by atoms with van der Waals surface area (Å²) >= 11 is 0. The van der Waals surface area contributed by atoms with E-state index in [0.717, 1.165) is 6.61 Å². The van der Waals surface area contributed by atoms with Crippen LogP contribution in [0.4, 0.5) is 0 Å². The molecule has 3 aromatic heterocycles. The molecule has 0 aromatic carbocycles. The van der Waals surface area contributed by atoms with E-state index in [9.17, 15) is 4.79 Å². The van der Waals surface area contributed by atoms with E-state index in [2.05, 4.69) is 30.6 Å². The highest BCUT2D eigenvalue weighted by Gasteiger charge is 2.23. The molecule has 1 aliphatic heterocycles. The average molecular weight is 299 g/mol. The van der Waals surface area contributed by atoms with Crippen LogP contribution in [-0.2, 0) is 17.8 Å². The molecule has 1 unspecified atom stereocenters. The fourth-order valence-corrected chi connectivity index (χ4v) is 2.20. The molecule has 0 spiro atoms. The van der Waals surface area contributed by atoms with Gasteiger partial charge in [0.05, 0.1) is 31.5 Å². The highest BCUT2D eigenvalue weighted by molar-refractivity contribution is 6.05. The lowest BCUT2D eigenvalue weighted by molar-refractivity contribution is 0.0952. The maximum Gasteiger partial charge on any atom is 0.253 e. The Kier molecular flexibility index (Phi) is 3.04. The fraction of sp³-hybridized carbons (Fsp3) is 0.308. The van der Waals surface area contributed by atoms with Crippen LogP contribution in [0.3, 0.4) is 0 Å². The summed E-state index contributed by atoms with van der Waals surface area (Å²) in [6.07, 6.45) is 6.72. The maximum absolute atomic E-state index is 12.2. The topological polar surface area (TPSA) is 114 Å². The Morgan fingerprint density at radius 1 is 1.55 bits per heavy atom. The molecule has 9 heteroatoms. The molecule has 0 radical (unpaired) electrons. The van der Waals surface area contributed by atoms with E-state index in [1.807, 2.05) is 0 Å². The Morgan fingerprint density at radius 3 is 3.32 bits per heavy atom. The van der Waals surface area contributed by atoms with Crippen molar-refractivity contribution >= 4 is 16.9 Å². The molecule has 112 valence electrons. The Hall–Kier alpha value is -2.81. The van der Waals surface area contributed by atoms with Gasteiger partial charge >= 0.3 is 0 Å². The number of nitrogens with zero attached hydrogens (tertiary/aromatic N) is 5. The van der Waals surface area contributed by atoms with Crippen LogP contribution in [0.2, 0.25) is 0 Å². The smallest absolute Gasteiger partial charge is 0.253 e. The lowest BCUT2D eigenvalue weighted by atomic mass is 10.2. The summed E-state index contributed by atoms with van der Waals surface area (Å²) in [5.74, 6) is -0.207. The van der Waals surface area contributed by atoms with E-state index >= 15 is 0 Å². The Bertz CT molecular complexity index is 821. The van der Waals surface area contributed by atoms with Gasteiger partial charge in [0.25, 0.3) is 5.91 Å². The number of aromatic amines is 1. The molecular weight excluding hydrogens is 286 g/mol. The van der Waals surface area contributed by atoms with Crippen LogP contribution in [0.5, 0.6) is 0 Å². The first kappa shape index (κ1) is 12.9. The largest absolute Gasteiger partial charge is 0.371 e. The number of H-pyrrole nitrogens is 1. The van der Waals surface area contributed by atoms with E-state index in [1.54, 1.807) is 23.3 Å². The van der Waals surface area contributed by atoms with Gasteiger partial charge in [-0.3, -0.25) is 4.79 Å². The minimum atomic E-state index is -0.207. The number of rotatable bonds is 5. The van der Waals surface area contributed by atoms with Gasteiger partial charge < -0.3 is 15.0 Å². The second-order valence-electron chi connectivity index (χ2n) is 5.06. The molecule has 4 rings (SSSR count). The van der Waals surface area contributed by atoms with Gasteiger partial charge in [0.15, 0.2) is 0 Å². The highest BCUT2D eigenvalue weighted by atomic mass is 16.6. The van der Waals surface area contributed by atoms with Crippen LogP contribution in [-0.4, -0.2) is 48.6 Å². The molecule has 0 bridgehead atoms. The predicted octanol–water partition coefficient (Wildman–Crippen LogP) is -0.122.